The number of nitrogens with zero attached hydrogens (tertiary/aromatic N) is 3. The molecule has 158 valence electrons. The summed E-state index contributed by atoms with van der Waals surface area (Å²) in [5, 5.41) is 2.89. The van der Waals surface area contributed by atoms with Crippen molar-refractivity contribution in [2.24, 2.45) is 0 Å². The monoisotopic (exact) mass is 416 g/mol. The zero-order valence-electron chi connectivity index (χ0n) is 17.6. The molecule has 0 aliphatic carbocycles. The van der Waals surface area contributed by atoms with E-state index < -0.39 is 5.97 Å². The minimum Gasteiger partial charge on any atom is -0.462 e. The summed E-state index contributed by atoms with van der Waals surface area (Å²) < 4.78 is 7.17. The third kappa shape index (κ3) is 4.12. The first-order valence-electron chi connectivity index (χ1n) is 10.4. The first-order valence-corrected chi connectivity index (χ1v) is 10.4. The van der Waals surface area contributed by atoms with Crippen molar-refractivity contribution < 1.29 is 14.3 Å². The molecule has 31 heavy (non-hydrogen) atoms. The van der Waals surface area contributed by atoms with E-state index in [4.69, 9.17) is 14.7 Å². The number of aromatic nitrogens is 3. The first kappa shape index (κ1) is 20.5. The highest BCUT2D eigenvalue weighted by molar-refractivity contribution is 6.11. The number of aryl methyl sites for hydroxylation is 2. The van der Waals surface area contributed by atoms with Crippen LogP contribution in [-0.2, 0) is 22.5 Å². The van der Waals surface area contributed by atoms with Crippen LogP contribution in [0, 0.1) is 0 Å². The van der Waals surface area contributed by atoms with Gasteiger partial charge in [0.1, 0.15) is 16.9 Å². The molecule has 0 radical (unpaired) electrons. The van der Waals surface area contributed by atoms with Gasteiger partial charge in [0.25, 0.3) is 0 Å². The van der Waals surface area contributed by atoms with Gasteiger partial charge in [0.2, 0.25) is 5.91 Å². The molecule has 0 aliphatic rings. The fraction of sp³-hybridized carbons (Fsp3) is 0.250. The molecule has 2 aromatic heterocycles. The number of hydrogen-bond donors (Lipinski definition) is 1. The van der Waals surface area contributed by atoms with Crippen molar-refractivity contribution in [3.8, 4) is 0 Å². The Morgan fingerprint density at radius 3 is 2.32 bits per heavy atom. The number of rotatable bonds is 7. The molecule has 0 atom stereocenters. The summed E-state index contributed by atoms with van der Waals surface area (Å²) in [6.45, 7) is 4.25. The molecular weight excluding hydrogens is 392 g/mol. The van der Waals surface area contributed by atoms with Crippen LogP contribution in [0.1, 0.15) is 36.2 Å². The molecule has 0 aliphatic heterocycles. The molecule has 7 heteroatoms. The predicted molar refractivity (Wildman–Crippen MR) is 120 cm³/mol. The number of fused-ring (bicyclic) bond motifs is 2. The Hall–Kier alpha value is -3.74. The molecule has 2 aromatic carbocycles. The van der Waals surface area contributed by atoms with Gasteiger partial charge in [0, 0.05) is 13.0 Å². The summed E-state index contributed by atoms with van der Waals surface area (Å²) in [6, 6.07) is 17.5. The smallest absolute Gasteiger partial charge is 0.344 e. The second kappa shape index (κ2) is 8.95. The molecule has 1 N–H and O–H groups in total. The van der Waals surface area contributed by atoms with Gasteiger partial charge in [-0.2, -0.15) is 0 Å². The van der Waals surface area contributed by atoms with Crippen LogP contribution in [0.15, 0.2) is 54.6 Å². The van der Waals surface area contributed by atoms with Crippen molar-refractivity contribution in [2.45, 2.75) is 33.2 Å². The summed E-state index contributed by atoms with van der Waals surface area (Å²) in [5.41, 5.74) is 3.75. The van der Waals surface area contributed by atoms with Gasteiger partial charge in [-0.3, -0.25) is 4.79 Å². The summed E-state index contributed by atoms with van der Waals surface area (Å²) in [5.74, 6) is -0.340. The topological polar surface area (TPSA) is 86.1 Å². The van der Waals surface area contributed by atoms with Crippen molar-refractivity contribution in [3.05, 3.63) is 65.7 Å². The fourth-order valence-electron chi connectivity index (χ4n) is 3.55. The first-order chi connectivity index (χ1) is 15.1. The largest absolute Gasteiger partial charge is 0.462 e. The Balaban J connectivity index is 1.93. The molecule has 4 rings (SSSR count). The van der Waals surface area contributed by atoms with Gasteiger partial charge in [-0.05, 0) is 31.0 Å². The van der Waals surface area contributed by atoms with Crippen LogP contribution >= 0.6 is 0 Å². The maximum Gasteiger partial charge on any atom is 0.344 e. The molecule has 0 saturated heterocycles. The molecule has 0 spiro atoms. The van der Waals surface area contributed by atoms with Crippen LogP contribution in [0.4, 0.5) is 5.82 Å². The lowest BCUT2D eigenvalue weighted by atomic mass is 10.1. The van der Waals surface area contributed by atoms with Gasteiger partial charge in [-0.15, -0.1) is 0 Å². The van der Waals surface area contributed by atoms with Gasteiger partial charge < -0.3 is 14.6 Å². The van der Waals surface area contributed by atoms with Crippen LogP contribution in [0.25, 0.3) is 22.2 Å². The molecule has 0 saturated carbocycles. The Morgan fingerprint density at radius 1 is 0.968 bits per heavy atom. The van der Waals surface area contributed by atoms with Crippen molar-refractivity contribution in [1.82, 2.24) is 14.5 Å². The normalized spacial score (nSPS) is 11.0. The third-order valence-electron chi connectivity index (χ3n) is 5.08. The van der Waals surface area contributed by atoms with Crippen molar-refractivity contribution in [1.29, 1.82) is 0 Å². The Kier molecular flexibility index (Phi) is 5.93. The number of carbonyl (C=O) groups excluding carboxylic acids is 2. The predicted octanol–water partition coefficient (Wildman–Crippen LogP) is 4.35. The lowest BCUT2D eigenvalue weighted by molar-refractivity contribution is -0.115. The van der Waals surface area contributed by atoms with Crippen LogP contribution < -0.4 is 5.32 Å². The molecule has 0 bridgehead atoms. The van der Waals surface area contributed by atoms with Gasteiger partial charge in [-0.1, -0.05) is 49.4 Å². The van der Waals surface area contributed by atoms with E-state index in [0.29, 0.717) is 35.5 Å². The van der Waals surface area contributed by atoms with Gasteiger partial charge in [0.15, 0.2) is 5.65 Å². The van der Waals surface area contributed by atoms with E-state index >= 15 is 0 Å². The van der Waals surface area contributed by atoms with E-state index in [1.165, 1.54) is 0 Å². The number of benzene rings is 2. The maximum absolute atomic E-state index is 12.9. The molecule has 7 nitrogen and oxygen atoms in total. The van der Waals surface area contributed by atoms with E-state index in [2.05, 4.69) is 5.32 Å². The molecule has 2 heterocycles. The summed E-state index contributed by atoms with van der Waals surface area (Å²) in [7, 11) is 0. The second-order valence-corrected chi connectivity index (χ2v) is 7.12. The number of ether oxygens (including phenoxy) is 1. The van der Waals surface area contributed by atoms with Gasteiger partial charge >= 0.3 is 5.97 Å². The Labute approximate surface area is 180 Å². The molecule has 1 amide bonds. The summed E-state index contributed by atoms with van der Waals surface area (Å²) in [4.78, 5) is 34.8. The molecule has 0 fully saturated rings. The van der Waals surface area contributed by atoms with E-state index in [-0.39, 0.29) is 24.5 Å². The van der Waals surface area contributed by atoms with E-state index in [1.54, 1.807) is 13.8 Å². The highest BCUT2D eigenvalue weighted by atomic mass is 16.5. The number of nitrogens with one attached hydrogen (secondary N) is 1. The maximum atomic E-state index is 12.9. The fourth-order valence-corrected chi connectivity index (χ4v) is 3.55. The quantitative estimate of drug-likeness (QED) is 0.453. The second-order valence-electron chi connectivity index (χ2n) is 7.12. The zero-order valence-corrected chi connectivity index (χ0v) is 17.6. The van der Waals surface area contributed by atoms with Crippen LogP contribution in [0.3, 0.4) is 0 Å². The Morgan fingerprint density at radius 2 is 1.65 bits per heavy atom. The highest BCUT2D eigenvalue weighted by Crippen LogP contribution is 2.31. The standard InChI is InChI=1S/C24H24N4O3/c1-3-19(29)27-22-20(24(30)31-4-2)21-23(26-18-13-9-8-12-17(18)25-21)28(22)15-14-16-10-6-5-7-11-16/h5-13H,3-4,14-15H2,1-2H3,(H,27,29). The SMILES string of the molecule is CCOC(=O)c1c(NC(=O)CC)n(CCc2ccccc2)c2nc3ccccc3nc12. The lowest BCUT2D eigenvalue weighted by Gasteiger charge is -2.12. The van der Waals surface area contributed by atoms with Crippen molar-refractivity contribution in [3.63, 3.8) is 0 Å². The number of para-hydroxylation sites is 2. The average Bonchev–Trinajstić information content (AvgIpc) is 3.08. The Bertz CT molecular complexity index is 1250. The van der Waals surface area contributed by atoms with Crippen LogP contribution in [0.2, 0.25) is 0 Å². The third-order valence-corrected chi connectivity index (χ3v) is 5.08. The minimum absolute atomic E-state index is 0.195. The number of amides is 1. The number of esters is 1. The van der Waals surface area contributed by atoms with Crippen LogP contribution in [0.5, 0.6) is 0 Å². The van der Waals surface area contributed by atoms with Gasteiger partial charge in [0.05, 0.1) is 17.6 Å². The highest BCUT2D eigenvalue weighted by Gasteiger charge is 2.27. The minimum atomic E-state index is -0.526. The van der Waals surface area contributed by atoms with E-state index in [0.717, 1.165) is 11.1 Å². The molecule has 0 unspecified atom stereocenters. The zero-order chi connectivity index (χ0) is 21.8. The van der Waals surface area contributed by atoms with Crippen molar-refractivity contribution >= 4 is 39.9 Å². The van der Waals surface area contributed by atoms with Crippen molar-refractivity contribution in [2.75, 3.05) is 11.9 Å². The molecule has 4 aromatic rings. The van der Waals surface area contributed by atoms with E-state index in [1.807, 2.05) is 59.2 Å². The van der Waals surface area contributed by atoms with E-state index in [9.17, 15) is 9.59 Å². The van der Waals surface area contributed by atoms with Gasteiger partial charge in [-0.25, -0.2) is 14.8 Å². The summed E-state index contributed by atoms with van der Waals surface area (Å²) in [6.07, 6.45) is 0.988. The lowest BCUT2D eigenvalue weighted by Crippen LogP contribution is -2.18. The molecular formula is C24H24N4O3. The van der Waals surface area contributed by atoms with Crippen LogP contribution in [-0.4, -0.2) is 33.0 Å². The number of carbonyl (C=O) groups is 2. The number of anilines is 1. The summed E-state index contributed by atoms with van der Waals surface area (Å²) >= 11 is 0. The average molecular weight is 416 g/mol. The number of hydrogen-bond acceptors (Lipinski definition) is 5.